The molecule has 0 saturated carbocycles. The summed E-state index contributed by atoms with van der Waals surface area (Å²) in [6.07, 6.45) is 1.94. The van der Waals surface area contributed by atoms with Gasteiger partial charge in [-0.25, -0.2) is 9.97 Å². The Kier molecular flexibility index (Phi) is 3.73. The summed E-state index contributed by atoms with van der Waals surface area (Å²) in [4.78, 5) is 14.1. The third kappa shape index (κ3) is 2.64. The lowest BCUT2D eigenvalue weighted by Gasteiger charge is -2.20. The minimum atomic E-state index is 0.623. The van der Waals surface area contributed by atoms with Crippen molar-refractivity contribution < 1.29 is 4.74 Å². The number of ether oxygens (including phenoxy) is 1. The molecule has 4 nitrogen and oxygen atoms in total. The maximum Gasteiger partial charge on any atom is 0.220 e. The molecule has 3 aromatic rings. The van der Waals surface area contributed by atoms with E-state index in [9.17, 15) is 0 Å². The van der Waals surface area contributed by atoms with Crippen LogP contribution in [0.3, 0.4) is 0 Å². The van der Waals surface area contributed by atoms with Crippen LogP contribution in [0.4, 0.5) is 0 Å². The summed E-state index contributed by atoms with van der Waals surface area (Å²) in [5.41, 5.74) is 6.14. The van der Waals surface area contributed by atoms with Crippen molar-refractivity contribution in [3.63, 3.8) is 0 Å². The zero-order valence-electron chi connectivity index (χ0n) is 13.9. The molecule has 0 fully saturated rings. The second-order valence-electron chi connectivity index (χ2n) is 6.11. The first-order valence-electron chi connectivity index (χ1n) is 8.26. The number of pyridine rings is 1. The van der Waals surface area contributed by atoms with Crippen molar-refractivity contribution in [3.05, 3.63) is 59.3 Å². The van der Waals surface area contributed by atoms with Gasteiger partial charge >= 0.3 is 0 Å². The number of hydrogen-bond acceptors (Lipinski definition) is 4. The standard InChI is InChI=1S/C20H19N3O/c1-13-7-3-4-9-15(13)18-16-10-6-12-24-20(16)23-19(22-18)17-11-5-8-14(2)21-17/h3-5,7-9,11H,6,10,12H2,1-2H3. The van der Waals surface area contributed by atoms with Crippen LogP contribution >= 0.6 is 0 Å². The Hall–Kier alpha value is -2.75. The summed E-state index contributed by atoms with van der Waals surface area (Å²) in [6, 6.07) is 14.2. The Morgan fingerprint density at radius 2 is 1.79 bits per heavy atom. The van der Waals surface area contributed by atoms with Crippen LogP contribution in [0.15, 0.2) is 42.5 Å². The van der Waals surface area contributed by atoms with E-state index < -0.39 is 0 Å². The third-order valence-electron chi connectivity index (χ3n) is 4.30. The van der Waals surface area contributed by atoms with Gasteiger partial charge in [0, 0.05) is 16.8 Å². The van der Waals surface area contributed by atoms with E-state index in [4.69, 9.17) is 9.72 Å². The largest absolute Gasteiger partial charge is 0.477 e. The van der Waals surface area contributed by atoms with Gasteiger partial charge in [0.25, 0.3) is 0 Å². The molecule has 0 spiro atoms. The molecule has 0 bridgehead atoms. The van der Waals surface area contributed by atoms with E-state index in [-0.39, 0.29) is 0 Å². The Labute approximate surface area is 141 Å². The second kappa shape index (κ2) is 6.04. The highest BCUT2D eigenvalue weighted by Crippen LogP contribution is 2.34. The molecule has 4 heteroatoms. The van der Waals surface area contributed by atoms with Gasteiger partial charge in [-0.15, -0.1) is 0 Å². The Bertz CT molecular complexity index is 905. The van der Waals surface area contributed by atoms with Gasteiger partial charge in [-0.1, -0.05) is 30.3 Å². The van der Waals surface area contributed by atoms with Crippen molar-refractivity contribution in [1.82, 2.24) is 15.0 Å². The van der Waals surface area contributed by atoms with Gasteiger partial charge in [0.2, 0.25) is 5.88 Å². The molecule has 1 aromatic carbocycles. The molecule has 0 saturated heterocycles. The molecule has 0 unspecified atom stereocenters. The molecule has 1 aliphatic heterocycles. The van der Waals surface area contributed by atoms with Gasteiger partial charge in [-0.3, -0.25) is 0 Å². The number of benzene rings is 1. The van der Waals surface area contributed by atoms with Crippen LogP contribution in [0.2, 0.25) is 0 Å². The first-order chi connectivity index (χ1) is 11.7. The van der Waals surface area contributed by atoms with Crippen LogP contribution in [-0.4, -0.2) is 21.6 Å². The number of fused-ring (bicyclic) bond motifs is 1. The van der Waals surface area contributed by atoms with E-state index in [0.717, 1.165) is 41.1 Å². The molecule has 4 rings (SSSR count). The quantitative estimate of drug-likeness (QED) is 0.712. The Morgan fingerprint density at radius 3 is 2.62 bits per heavy atom. The predicted molar refractivity (Wildman–Crippen MR) is 94.0 cm³/mol. The van der Waals surface area contributed by atoms with Gasteiger partial charge in [-0.2, -0.15) is 4.98 Å². The van der Waals surface area contributed by atoms with Crippen molar-refractivity contribution in [1.29, 1.82) is 0 Å². The molecule has 0 aliphatic carbocycles. The van der Waals surface area contributed by atoms with Gasteiger partial charge in [0.1, 0.15) is 5.69 Å². The average Bonchev–Trinajstić information content (AvgIpc) is 2.61. The van der Waals surface area contributed by atoms with Crippen molar-refractivity contribution in [2.24, 2.45) is 0 Å². The molecule has 0 N–H and O–H groups in total. The highest BCUT2D eigenvalue weighted by molar-refractivity contribution is 5.71. The maximum atomic E-state index is 5.84. The summed E-state index contributed by atoms with van der Waals surface area (Å²) >= 11 is 0. The first kappa shape index (κ1) is 14.8. The fourth-order valence-corrected chi connectivity index (χ4v) is 3.07. The number of nitrogens with zero attached hydrogens (tertiary/aromatic N) is 3. The van der Waals surface area contributed by atoms with Crippen molar-refractivity contribution in [3.8, 4) is 28.7 Å². The van der Waals surface area contributed by atoms with Crippen LogP contribution in [0, 0.1) is 13.8 Å². The minimum absolute atomic E-state index is 0.623. The first-order valence-corrected chi connectivity index (χ1v) is 8.26. The van der Waals surface area contributed by atoms with Crippen molar-refractivity contribution >= 4 is 0 Å². The van der Waals surface area contributed by atoms with Crippen LogP contribution in [0.1, 0.15) is 23.2 Å². The highest BCUT2D eigenvalue weighted by atomic mass is 16.5. The van der Waals surface area contributed by atoms with Gasteiger partial charge in [0.15, 0.2) is 5.82 Å². The molecule has 0 radical (unpaired) electrons. The van der Waals surface area contributed by atoms with Gasteiger partial charge < -0.3 is 4.74 Å². The van der Waals surface area contributed by atoms with E-state index >= 15 is 0 Å². The molecule has 120 valence electrons. The lowest BCUT2D eigenvalue weighted by Crippen LogP contribution is -2.13. The second-order valence-corrected chi connectivity index (χ2v) is 6.11. The molecule has 3 heterocycles. The fraction of sp³-hybridized carbons (Fsp3) is 0.250. The van der Waals surface area contributed by atoms with E-state index in [0.29, 0.717) is 18.3 Å². The van der Waals surface area contributed by atoms with E-state index in [1.165, 1.54) is 5.56 Å². The summed E-state index contributed by atoms with van der Waals surface area (Å²) in [7, 11) is 0. The molecule has 2 aromatic heterocycles. The molecule has 0 amide bonds. The zero-order valence-corrected chi connectivity index (χ0v) is 13.9. The minimum Gasteiger partial charge on any atom is -0.477 e. The van der Waals surface area contributed by atoms with E-state index in [1.54, 1.807) is 0 Å². The smallest absolute Gasteiger partial charge is 0.220 e. The molecule has 0 atom stereocenters. The average molecular weight is 317 g/mol. The van der Waals surface area contributed by atoms with Crippen LogP contribution in [-0.2, 0) is 6.42 Å². The molecule has 1 aliphatic rings. The van der Waals surface area contributed by atoms with Gasteiger partial charge in [0.05, 0.1) is 12.3 Å². The van der Waals surface area contributed by atoms with Crippen molar-refractivity contribution in [2.75, 3.05) is 6.61 Å². The Morgan fingerprint density at radius 1 is 0.917 bits per heavy atom. The number of hydrogen-bond donors (Lipinski definition) is 0. The fourth-order valence-electron chi connectivity index (χ4n) is 3.07. The molecular formula is C20H19N3O. The SMILES string of the molecule is Cc1cccc(-c2nc3c(c(-c4ccccc4C)n2)CCCO3)n1. The normalized spacial score (nSPS) is 13.2. The third-order valence-corrected chi connectivity index (χ3v) is 4.30. The molecular weight excluding hydrogens is 298 g/mol. The molecule has 24 heavy (non-hydrogen) atoms. The lowest BCUT2D eigenvalue weighted by atomic mass is 9.98. The summed E-state index contributed by atoms with van der Waals surface area (Å²) in [5.74, 6) is 1.32. The lowest BCUT2D eigenvalue weighted by molar-refractivity contribution is 0.276. The monoisotopic (exact) mass is 317 g/mol. The Balaban J connectivity index is 1.95. The number of aromatic nitrogens is 3. The topological polar surface area (TPSA) is 47.9 Å². The number of aryl methyl sites for hydroxylation is 2. The predicted octanol–water partition coefficient (Wildman–Crippen LogP) is 4.15. The van der Waals surface area contributed by atoms with E-state index in [2.05, 4.69) is 29.0 Å². The van der Waals surface area contributed by atoms with Crippen molar-refractivity contribution in [2.45, 2.75) is 26.7 Å². The van der Waals surface area contributed by atoms with Gasteiger partial charge in [-0.05, 0) is 44.4 Å². The van der Waals surface area contributed by atoms with Crippen LogP contribution in [0.25, 0.3) is 22.8 Å². The van der Waals surface area contributed by atoms with Crippen LogP contribution < -0.4 is 4.74 Å². The summed E-state index contributed by atoms with van der Waals surface area (Å²) in [6.45, 7) is 4.79. The summed E-state index contributed by atoms with van der Waals surface area (Å²) in [5, 5.41) is 0. The zero-order chi connectivity index (χ0) is 16.5. The van der Waals surface area contributed by atoms with E-state index in [1.807, 2.05) is 37.3 Å². The maximum absolute atomic E-state index is 5.84. The highest BCUT2D eigenvalue weighted by Gasteiger charge is 2.22. The summed E-state index contributed by atoms with van der Waals surface area (Å²) < 4.78 is 5.84. The number of rotatable bonds is 2. The van der Waals surface area contributed by atoms with Crippen LogP contribution in [0.5, 0.6) is 5.88 Å².